The van der Waals surface area contributed by atoms with E-state index in [9.17, 15) is 14.9 Å². The lowest BCUT2D eigenvalue weighted by molar-refractivity contribution is -0.770. The first-order chi connectivity index (χ1) is 7.54. The highest BCUT2D eigenvalue weighted by molar-refractivity contribution is 5.88. The van der Waals surface area contributed by atoms with E-state index < -0.39 is 23.3 Å². The number of carbonyl (C=O) groups is 1. The van der Waals surface area contributed by atoms with Crippen LogP contribution in [0.25, 0.3) is 0 Å². The molecular formula is C9H13NO6. The molecule has 2 unspecified atom stereocenters. The Morgan fingerprint density at radius 2 is 2.25 bits per heavy atom. The monoisotopic (exact) mass is 231 g/mol. The highest BCUT2D eigenvalue weighted by atomic mass is 17.0. The molecule has 0 aromatic heterocycles. The maximum atomic E-state index is 11.1. The third-order valence-corrected chi connectivity index (χ3v) is 2.31. The molecule has 0 aliphatic carbocycles. The van der Waals surface area contributed by atoms with Crippen LogP contribution in [0.2, 0.25) is 0 Å². The van der Waals surface area contributed by atoms with Crippen LogP contribution in [-0.2, 0) is 19.1 Å². The summed E-state index contributed by atoms with van der Waals surface area (Å²) in [5, 5.41) is 9.23. The van der Waals surface area contributed by atoms with Crippen LogP contribution in [-0.4, -0.2) is 37.0 Å². The molecule has 1 aliphatic heterocycles. The van der Waals surface area contributed by atoms with E-state index in [1.165, 1.54) is 7.11 Å². The van der Waals surface area contributed by atoms with Gasteiger partial charge in [-0.25, -0.2) is 4.79 Å². The Morgan fingerprint density at radius 1 is 1.56 bits per heavy atom. The predicted octanol–water partition coefficient (Wildman–Crippen LogP) is 0.471. The fourth-order valence-corrected chi connectivity index (χ4v) is 1.47. The molecule has 16 heavy (non-hydrogen) atoms. The second kappa shape index (κ2) is 5.45. The van der Waals surface area contributed by atoms with Crippen molar-refractivity contribution in [3.05, 3.63) is 22.3 Å². The molecule has 7 heteroatoms. The van der Waals surface area contributed by atoms with Crippen LogP contribution >= 0.6 is 0 Å². The Bertz CT molecular complexity index is 294. The van der Waals surface area contributed by atoms with E-state index in [4.69, 9.17) is 4.74 Å². The van der Waals surface area contributed by atoms with Crippen molar-refractivity contribution in [2.75, 3.05) is 13.7 Å². The summed E-state index contributed by atoms with van der Waals surface area (Å²) in [6.45, 7) is 3.63. The summed E-state index contributed by atoms with van der Waals surface area (Å²) in [5.74, 6) is -0.529. The zero-order chi connectivity index (χ0) is 12.1. The summed E-state index contributed by atoms with van der Waals surface area (Å²) in [4.78, 5) is 25.6. The minimum Gasteiger partial charge on any atom is -0.466 e. The topological polar surface area (TPSA) is 87.9 Å². The Morgan fingerprint density at radius 3 is 2.69 bits per heavy atom. The van der Waals surface area contributed by atoms with Gasteiger partial charge in [0.1, 0.15) is 6.10 Å². The summed E-state index contributed by atoms with van der Waals surface area (Å²) in [6, 6.07) is 0. The summed E-state index contributed by atoms with van der Waals surface area (Å²) < 4.78 is 9.75. The number of esters is 1. The van der Waals surface area contributed by atoms with Crippen molar-refractivity contribution in [1.82, 2.24) is 0 Å². The third-order valence-electron chi connectivity index (χ3n) is 2.31. The first kappa shape index (κ1) is 12.4. The summed E-state index contributed by atoms with van der Waals surface area (Å²) in [5.41, 5.74) is 0.224. The van der Waals surface area contributed by atoms with E-state index in [0.717, 1.165) is 0 Å². The van der Waals surface area contributed by atoms with Crippen molar-refractivity contribution in [3.63, 3.8) is 0 Å². The zero-order valence-corrected chi connectivity index (χ0v) is 8.88. The summed E-state index contributed by atoms with van der Waals surface area (Å²) in [7, 11) is 1.26. The minimum atomic E-state index is -0.844. The number of methoxy groups -OCH3 is 1. The molecule has 0 radical (unpaired) electrons. The third kappa shape index (κ3) is 3.20. The van der Waals surface area contributed by atoms with Crippen LogP contribution in [0, 0.1) is 10.1 Å². The maximum absolute atomic E-state index is 11.1. The quantitative estimate of drug-likeness (QED) is 0.302. The van der Waals surface area contributed by atoms with Crippen LogP contribution in [0.4, 0.5) is 0 Å². The smallest absolute Gasteiger partial charge is 0.335 e. The minimum absolute atomic E-state index is 0.0711. The number of rotatable bonds is 4. The lowest BCUT2D eigenvalue weighted by atomic mass is 10.0. The lowest BCUT2D eigenvalue weighted by Gasteiger charge is -2.27. The Hall–Kier alpha value is -1.63. The molecule has 0 N–H and O–H groups in total. The first-order valence-electron chi connectivity index (χ1n) is 4.74. The van der Waals surface area contributed by atoms with Crippen LogP contribution in [0.15, 0.2) is 12.2 Å². The molecule has 1 fully saturated rings. The number of nitrogens with zero attached hydrogens (tertiary/aromatic N) is 1. The van der Waals surface area contributed by atoms with E-state index in [0.29, 0.717) is 12.8 Å². The van der Waals surface area contributed by atoms with Crippen LogP contribution in [0.3, 0.4) is 0 Å². The van der Waals surface area contributed by atoms with E-state index in [1.807, 2.05) is 0 Å². The highest BCUT2D eigenvalue weighted by Crippen LogP contribution is 2.21. The molecule has 0 saturated carbocycles. The second-order valence-electron chi connectivity index (χ2n) is 3.37. The average Bonchev–Trinajstić information content (AvgIpc) is 2.27. The molecular weight excluding hydrogens is 218 g/mol. The molecule has 0 bridgehead atoms. The fraction of sp³-hybridized carbons (Fsp3) is 0.667. The number of ether oxygens (including phenoxy) is 2. The van der Waals surface area contributed by atoms with Crippen molar-refractivity contribution in [3.8, 4) is 0 Å². The zero-order valence-electron chi connectivity index (χ0n) is 8.88. The van der Waals surface area contributed by atoms with Crippen LogP contribution in [0.5, 0.6) is 0 Å². The summed E-state index contributed by atoms with van der Waals surface area (Å²) >= 11 is 0. The van der Waals surface area contributed by atoms with Gasteiger partial charge in [-0.15, -0.1) is 10.1 Å². The average molecular weight is 231 g/mol. The molecule has 0 aromatic carbocycles. The van der Waals surface area contributed by atoms with Crippen molar-refractivity contribution in [2.45, 2.75) is 25.0 Å². The van der Waals surface area contributed by atoms with Gasteiger partial charge in [-0.3, -0.25) is 0 Å². The molecule has 2 atom stereocenters. The number of hydrogen-bond donors (Lipinski definition) is 0. The molecule has 1 rings (SSSR count). The van der Waals surface area contributed by atoms with Crippen molar-refractivity contribution < 1.29 is 24.2 Å². The van der Waals surface area contributed by atoms with Gasteiger partial charge in [-0.1, -0.05) is 6.58 Å². The predicted molar refractivity (Wildman–Crippen MR) is 52.0 cm³/mol. The van der Waals surface area contributed by atoms with Gasteiger partial charge in [0.05, 0.1) is 25.4 Å². The lowest BCUT2D eigenvalue weighted by Crippen LogP contribution is -2.35. The van der Waals surface area contributed by atoms with Gasteiger partial charge in [0.25, 0.3) is 5.09 Å². The largest absolute Gasteiger partial charge is 0.466 e. The van der Waals surface area contributed by atoms with E-state index in [-0.39, 0.29) is 12.2 Å². The molecule has 90 valence electrons. The van der Waals surface area contributed by atoms with Gasteiger partial charge in [0.15, 0.2) is 0 Å². The molecule has 1 heterocycles. The van der Waals surface area contributed by atoms with E-state index >= 15 is 0 Å². The normalized spacial score (nSPS) is 24.6. The Kier molecular flexibility index (Phi) is 4.24. The molecule has 7 nitrogen and oxygen atoms in total. The fourth-order valence-electron chi connectivity index (χ4n) is 1.47. The van der Waals surface area contributed by atoms with E-state index in [1.54, 1.807) is 0 Å². The van der Waals surface area contributed by atoms with Crippen LogP contribution in [0.1, 0.15) is 12.8 Å². The van der Waals surface area contributed by atoms with Gasteiger partial charge in [0, 0.05) is 0 Å². The molecule has 1 saturated heterocycles. The highest BCUT2D eigenvalue weighted by Gasteiger charge is 2.28. The first-order valence-corrected chi connectivity index (χ1v) is 4.74. The van der Waals surface area contributed by atoms with Crippen molar-refractivity contribution in [1.29, 1.82) is 0 Å². The second-order valence-corrected chi connectivity index (χ2v) is 3.37. The molecule has 0 aromatic rings. The molecule has 1 aliphatic rings. The van der Waals surface area contributed by atoms with E-state index in [2.05, 4.69) is 16.2 Å². The molecule has 0 amide bonds. The number of hydrogen-bond acceptors (Lipinski definition) is 6. The Labute approximate surface area is 92.1 Å². The standard InChI is InChI=1S/C9H13NO6/c1-6(9(11)14-2)8-4-3-7(5-15-8)16-10(12)13/h7-8H,1,3-5H2,2H3. The van der Waals surface area contributed by atoms with Gasteiger partial charge in [-0.2, -0.15) is 0 Å². The van der Waals surface area contributed by atoms with Gasteiger partial charge >= 0.3 is 5.97 Å². The number of carbonyl (C=O) groups excluding carboxylic acids is 1. The summed E-state index contributed by atoms with van der Waals surface area (Å²) in [6.07, 6.45) is -0.121. The Balaban J connectivity index is 2.40. The van der Waals surface area contributed by atoms with Crippen molar-refractivity contribution >= 4 is 5.97 Å². The SMILES string of the molecule is C=C(C(=O)OC)C1CCC(O[N+](=O)[O-])CO1. The van der Waals surface area contributed by atoms with Crippen molar-refractivity contribution in [2.24, 2.45) is 0 Å². The maximum Gasteiger partial charge on any atom is 0.335 e. The van der Waals surface area contributed by atoms with Crippen LogP contribution < -0.4 is 0 Å². The molecule has 0 spiro atoms. The van der Waals surface area contributed by atoms with Gasteiger partial charge in [-0.05, 0) is 12.8 Å². The van der Waals surface area contributed by atoms with Gasteiger partial charge in [0.2, 0.25) is 0 Å². The van der Waals surface area contributed by atoms with Gasteiger partial charge < -0.3 is 14.3 Å².